The highest BCUT2D eigenvalue weighted by Crippen LogP contribution is 2.29. The summed E-state index contributed by atoms with van der Waals surface area (Å²) in [5.74, 6) is 2.37. The first-order chi connectivity index (χ1) is 5.79. The van der Waals surface area contributed by atoms with Gasteiger partial charge in [-0.05, 0) is 30.3 Å². The van der Waals surface area contributed by atoms with E-state index >= 15 is 0 Å². The second kappa shape index (κ2) is 4.74. The van der Waals surface area contributed by atoms with Crippen molar-refractivity contribution >= 4 is 11.8 Å². The van der Waals surface area contributed by atoms with Crippen molar-refractivity contribution in [2.45, 2.75) is 25.9 Å². The molecule has 0 aliphatic carbocycles. The van der Waals surface area contributed by atoms with Crippen LogP contribution in [0.3, 0.4) is 0 Å². The molecule has 0 aromatic heterocycles. The molecule has 1 N–H and O–H groups in total. The predicted molar refractivity (Wildman–Crippen MR) is 50.8 cm³/mol. The Hall–Kier alpha value is -0.200. The normalized spacial score (nSPS) is 27.9. The minimum atomic E-state index is -0.394. The highest BCUT2D eigenvalue weighted by atomic mass is 32.2. The average molecular weight is 185 g/mol. The molecule has 1 saturated heterocycles. The van der Waals surface area contributed by atoms with Gasteiger partial charge in [0, 0.05) is 0 Å². The van der Waals surface area contributed by atoms with Crippen molar-refractivity contribution in [1.82, 2.24) is 0 Å². The topological polar surface area (TPSA) is 44.0 Å². The van der Waals surface area contributed by atoms with Gasteiger partial charge in [-0.3, -0.25) is 0 Å². The van der Waals surface area contributed by atoms with E-state index in [0.29, 0.717) is 5.92 Å². The zero-order chi connectivity index (χ0) is 8.97. The maximum Gasteiger partial charge on any atom is 0.0734 e. The van der Waals surface area contributed by atoms with Crippen LogP contribution in [0.2, 0.25) is 0 Å². The second-order valence-corrected chi connectivity index (χ2v) is 4.41. The van der Waals surface area contributed by atoms with Gasteiger partial charge in [-0.25, -0.2) is 0 Å². The first-order valence-corrected chi connectivity index (χ1v) is 5.60. The minimum Gasteiger partial charge on any atom is -0.391 e. The van der Waals surface area contributed by atoms with Gasteiger partial charge in [0.2, 0.25) is 0 Å². The summed E-state index contributed by atoms with van der Waals surface area (Å²) in [5, 5.41) is 18.5. The Bertz CT molecular complexity index is 172. The van der Waals surface area contributed by atoms with Crippen molar-refractivity contribution in [2.24, 2.45) is 11.8 Å². The van der Waals surface area contributed by atoms with E-state index in [1.165, 1.54) is 0 Å². The summed E-state index contributed by atoms with van der Waals surface area (Å²) in [6.07, 6.45) is 1.44. The van der Waals surface area contributed by atoms with E-state index < -0.39 is 6.10 Å². The number of rotatable bonds is 3. The molecule has 3 heteroatoms. The molecule has 68 valence electrons. The van der Waals surface area contributed by atoms with Gasteiger partial charge in [-0.1, -0.05) is 6.92 Å². The molecule has 12 heavy (non-hydrogen) atoms. The van der Waals surface area contributed by atoms with Crippen molar-refractivity contribution < 1.29 is 5.11 Å². The maximum atomic E-state index is 9.77. The van der Waals surface area contributed by atoms with E-state index in [1.807, 2.05) is 18.7 Å². The van der Waals surface area contributed by atoms with E-state index in [0.717, 1.165) is 24.3 Å². The fraction of sp³-hybridized carbons (Fsp3) is 0.889. The Kier molecular flexibility index (Phi) is 3.90. The second-order valence-electron chi connectivity index (χ2n) is 3.26. The van der Waals surface area contributed by atoms with Crippen molar-refractivity contribution in [3.05, 3.63) is 0 Å². The van der Waals surface area contributed by atoms with Crippen LogP contribution in [0.25, 0.3) is 0 Å². The molecule has 0 amide bonds. The molecule has 0 spiro atoms. The van der Waals surface area contributed by atoms with Gasteiger partial charge in [-0.2, -0.15) is 17.0 Å². The molecule has 0 bridgehead atoms. The standard InChI is InChI=1S/C9H15NOS/c1-2-7(5-10)9(11)8-3-4-12-6-8/h7-9,11H,2-4,6H2,1H3. The van der Waals surface area contributed by atoms with Gasteiger partial charge >= 0.3 is 0 Å². The van der Waals surface area contributed by atoms with Crippen molar-refractivity contribution in [1.29, 1.82) is 5.26 Å². The van der Waals surface area contributed by atoms with E-state index in [1.54, 1.807) is 0 Å². The fourth-order valence-corrected chi connectivity index (χ4v) is 2.86. The number of hydrogen-bond acceptors (Lipinski definition) is 3. The molecular formula is C9H15NOS. The summed E-state index contributed by atoms with van der Waals surface area (Å²) in [5.41, 5.74) is 0. The van der Waals surface area contributed by atoms with Crippen LogP contribution in [0.4, 0.5) is 0 Å². The van der Waals surface area contributed by atoms with Gasteiger partial charge in [0.05, 0.1) is 18.1 Å². The smallest absolute Gasteiger partial charge is 0.0734 e. The molecule has 3 atom stereocenters. The molecule has 3 unspecified atom stereocenters. The van der Waals surface area contributed by atoms with Crippen LogP contribution in [0.5, 0.6) is 0 Å². The molecule has 1 heterocycles. The third kappa shape index (κ3) is 2.15. The molecule has 1 rings (SSSR count). The molecule has 0 radical (unpaired) electrons. The van der Waals surface area contributed by atoms with Crippen LogP contribution < -0.4 is 0 Å². The predicted octanol–water partition coefficient (Wildman–Crippen LogP) is 1.65. The average Bonchev–Trinajstić information content (AvgIpc) is 2.58. The van der Waals surface area contributed by atoms with Crippen molar-refractivity contribution in [3.8, 4) is 6.07 Å². The van der Waals surface area contributed by atoms with Gasteiger partial charge in [-0.15, -0.1) is 0 Å². The van der Waals surface area contributed by atoms with Crippen molar-refractivity contribution in [2.75, 3.05) is 11.5 Å². The summed E-state index contributed by atoms with van der Waals surface area (Å²) in [4.78, 5) is 0. The maximum absolute atomic E-state index is 9.77. The summed E-state index contributed by atoms with van der Waals surface area (Å²) in [6.45, 7) is 1.96. The number of nitrogens with zero attached hydrogens (tertiary/aromatic N) is 1. The van der Waals surface area contributed by atoms with E-state index in [2.05, 4.69) is 6.07 Å². The van der Waals surface area contributed by atoms with Gasteiger partial charge in [0.15, 0.2) is 0 Å². The van der Waals surface area contributed by atoms with Crippen LogP contribution in [0.15, 0.2) is 0 Å². The Morgan fingerprint density at radius 2 is 2.50 bits per heavy atom. The molecule has 0 aromatic carbocycles. The Morgan fingerprint density at radius 1 is 1.75 bits per heavy atom. The number of aliphatic hydroxyl groups is 1. The molecular weight excluding hydrogens is 170 g/mol. The molecule has 1 fully saturated rings. The van der Waals surface area contributed by atoms with E-state index in [-0.39, 0.29) is 5.92 Å². The highest BCUT2D eigenvalue weighted by molar-refractivity contribution is 7.99. The Morgan fingerprint density at radius 3 is 2.92 bits per heavy atom. The highest BCUT2D eigenvalue weighted by Gasteiger charge is 2.29. The third-order valence-electron chi connectivity index (χ3n) is 2.47. The summed E-state index contributed by atoms with van der Waals surface area (Å²) in [6, 6.07) is 2.17. The van der Waals surface area contributed by atoms with Crippen LogP contribution in [0.1, 0.15) is 19.8 Å². The Labute approximate surface area is 78.0 Å². The first-order valence-electron chi connectivity index (χ1n) is 4.45. The number of nitriles is 1. The number of hydrogen-bond donors (Lipinski definition) is 1. The van der Waals surface area contributed by atoms with Crippen LogP contribution in [-0.4, -0.2) is 22.7 Å². The van der Waals surface area contributed by atoms with Gasteiger partial charge in [0.1, 0.15) is 0 Å². The largest absolute Gasteiger partial charge is 0.391 e. The number of aliphatic hydroxyl groups excluding tert-OH is 1. The third-order valence-corrected chi connectivity index (χ3v) is 3.65. The first kappa shape index (κ1) is 9.88. The fourth-order valence-electron chi connectivity index (χ4n) is 1.56. The zero-order valence-corrected chi connectivity index (χ0v) is 8.18. The molecule has 0 aromatic rings. The minimum absolute atomic E-state index is 0.159. The summed E-state index contributed by atoms with van der Waals surface area (Å²) < 4.78 is 0. The monoisotopic (exact) mass is 185 g/mol. The van der Waals surface area contributed by atoms with E-state index in [9.17, 15) is 5.11 Å². The molecule has 2 nitrogen and oxygen atoms in total. The van der Waals surface area contributed by atoms with Crippen LogP contribution in [0, 0.1) is 23.2 Å². The Balaban J connectivity index is 2.44. The zero-order valence-electron chi connectivity index (χ0n) is 7.36. The van der Waals surface area contributed by atoms with E-state index in [4.69, 9.17) is 5.26 Å². The summed E-state index contributed by atoms with van der Waals surface area (Å²) >= 11 is 1.88. The lowest BCUT2D eigenvalue weighted by Crippen LogP contribution is -2.27. The van der Waals surface area contributed by atoms with Gasteiger partial charge < -0.3 is 5.11 Å². The lowest BCUT2D eigenvalue weighted by Gasteiger charge is -2.20. The van der Waals surface area contributed by atoms with Crippen LogP contribution in [-0.2, 0) is 0 Å². The van der Waals surface area contributed by atoms with Crippen molar-refractivity contribution in [3.63, 3.8) is 0 Å². The SMILES string of the molecule is CCC(C#N)C(O)C1CCSC1. The van der Waals surface area contributed by atoms with Crippen LogP contribution >= 0.6 is 11.8 Å². The summed E-state index contributed by atoms with van der Waals surface area (Å²) in [7, 11) is 0. The quantitative estimate of drug-likeness (QED) is 0.727. The molecule has 0 saturated carbocycles. The molecule has 1 aliphatic heterocycles. The lowest BCUT2D eigenvalue weighted by molar-refractivity contribution is 0.0808. The number of thioether (sulfide) groups is 1. The molecule has 1 aliphatic rings. The van der Waals surface area contributed by atoms with Gasteiger partial charge in [0.25, 0.3) is 0 Å². The lowest BCUT2D eigenvalue weighted by atomic mass is 9.90.